The van der Waals surface area contributed by atoms with E-state index in [-0.39, 0.29) is 0 Å². The van der Waals surface area contributed by atoms with E-state index in [0.29, 0.717) is 6.42 Å². The van der Waals surface area contributed by atoms with E-state index in [1.807, 2.05) is 25.1 Å². The van der Waals surface area contributed by atoms with E-state index >= 15 is 0 Å². The molecule has 1 aromatic carbocycles. The summed E-state index contributed by atoms with van der Waals surface area (Å²) in [7, 11) is 0. The van der Waals surface area contributed by atoms with Crippen LogP contribution < -0.4 is 0 Å². The molecule has 1 N–H and O–H groups in total. The third-order valence-corrected chi connectivity index (χ3v) is 3.25. The standard InChI is InChI=1S/C13H18OS/c1-3-9-13(2,14)10-11-15-12-7-5-4-6-8-12/h3-8,14H,1,9-11H2,2H3. The van der Waals surface area contributed by atoms with Crippen molar-refractivity contribution in [2.24, 2.45) is 0 Å². The van der Waals surface area contributed by atoms with Gasteiger partial charge in [-0.25, -0.2) is 0 Å². The van der Waals surface area contributed by atoms with Gasteiger partial charge < -0.3 is 5.11 Å². The highest BCUT2D eigenvalue weighted by atomic mass is 32.2. The summed E-state index contributed by atoms with van der Waals surface area (Å²) in [5.74, 6) is 0.935. The predicted octanol–water partition coefficient (Wildman–Crippen LogP) is 3.50. The van der Waals surface area contributed by atoms with Crippen LogP contribution in [0.15, 0.2) is 47.9 Å². The molecule has 1 aromatic rings. The fraction of sp³-hybridized carbons (Fsp3) is 0.385. The maximum Gasteiger partial charge on any atom is 0.0661 e. The van der Waals surface area contributed by atoms with E-state index in [1.54, 1.807) is 17.8 Å². The zero-order chi connectivity index (χ0) is 11.1. The average molecular weight is 222 g/mol. The molecule has 1 nitrogen and oxygen atoms in total. The van der Waals surface area contributed by atoms with Crippen LogP contribution in [-0.4, -0.2) is 16.5 Å². The van der Waals surface area contributed by atoms with Gasteiger partial charge in [0.1, 0.15) is 0 Å². The van der Waals surface area contributed by atoms with Gasteiger partial charge in [0, 0.05) is 10.6 Å². The molecule has 0 heterocycles. The van der Waals surface area contributed by atoms with E-state index in [0.717, 1.165) is 12.2 Å². The maximum absolute atomic E-state index is 9.91. The van der Waals surface area contributed by atoms with Gasteiger partial charge in [0.05, 0.1) is 5.60 Å². The van der Waals surface area contributed by atoms with Crippen LogP contribution in [0.3, 0.4) is 0 Å². The molecule has 2 heteroatoms. The van der Waals surface area contributed by atoms with E-state index in [1.165, 1.54) is 4.90 Å². The second kappa shape index (κ2) is 5.99. The minimum absolute atomic E-state index is 0.608. The Bertz CT molecular complexity index is 293. The zero-order valence-corrected chi connectivity index (χ0v) is 9.96. The summed E-state index contributed by atoms with van der Waals surface area (Å²) in [6.07, 6.45) is 3.22. The van der Waals surface area contributed by atoms with Gasteiger partial charge >= 0.3 is 0 Å². The molecule has 0 amide bonds. The van der Waals surface area contributed by atoms with Crippen molar-refractivity contribution >= 4 is 11.8 Å². The highest BCUT2D eigenvalue weighted by Gasteiger charge is 2.17. The van der Waals surface area contributed by atoms with Gasteiger partial charge in [-0.1, -0.05) is 24.3 Å². The lowest BCUT2D eigenvalue weighted by molar-refractivity contribution is 0.0606. The molecule has 1 rings (SSSR count). The quantitative estimate of drug-likeness (QED) is 0.587. The first-order valence-corrected chi connectivity index (χ1v) is 6.14. The van der Waals surface area contributed by atoms with Gasteiger partial charge in [0.2, 0.25) is 0 Å². The Balaban J connectivity index is 2.30. The average Bonchev–Trinajstić information content (AvgIpc) is 2.19. The van der Waals surface area contributed by atoms with Crippen LogP contribution in [0, 0.1) is 0 Å². The highest BCUT2D eigenvalue weighted by Crippen LogP contribution is 2.23. The Morgan fingerprint density at radius 2 is 2.07 bits per heavy atom. The molecule has 0 bridgehead atoms. The summed E-state index contributed by atoms with van der Waals surface area (Å²) in [5, 5.41) is 9.91. The van der Waals surface area contributed by atoms with Gasteiger partial charge in [0.15, 0.2) is 0 Å². The second-order valence-electron chi connectivity index (χ2n) is 3.90. The highest BCUT2D eigenvalue weighted by molar-refractivity contribution is 7.99. The second-order valence-corrected chi connectivity index (χ2v) is 5.07. The molecule has 0 fully saturated rings. The molecule has 0 spiro atoms. The van der Waals surface area contributed by atoms with Crippen LogP contribution in [0.1, 0.15) is 19.8 Å². The third kappa shape index (κ3) is 5.05. The number of thioether (sulfide) groups is 1. The molecule has 1 atom stereocenters. The van der Waals surface area contributed by atoms with Crippen LogP contribution in [0.4, 0.5) is 0 Å². The fourth-order valence-corrected chi connectivity index (χ4v) is 2.45. The molecule has 0 radical (unpaired) electrons. The molecule has 1 unspecified atom stereocenters. The first kappa shape index (κ1) is 12.3. The molecule has 15 heavy (non-hydrogen) atoms. The molecule has 82 valence electrons. The summed E-state index contributed by atoms with van der Waals surface area (Å²) in [5.41, 5.74) is -0.608. The SMILES string of the molecule is C=CCC(C)(O)CCSc1ccccc1. The zero-order valence-electron chi connectivity index (χ0n) is 9.15. The van der Waals surface area contributed by atoms with Crippen molar-refractivity contribution in [3.8, 4) is 0 Å². The smallest absolute Gasteiger partial charge is 0.0661 e. The van der Waals surface area contributed by atoms with Crippen molar-refractivity contribution in [2.75, 3.05) is 5.75 Å². The topological polar surface area (TPSA) is 20.2 Å². The minimum atomic E-state index is -0.608. The number of hydrogen-bond acceptors (Lipinski definition) is 2. The van der Waals surface area contributed by atoms with Crippen LogP contribution in [-0.2, 0) is 0 Å². The van der Waals surface area contributed by atoms with Gasteiger partial charge in [-0.15, -0.1) is 18.3 Å². The predicted molar refractivity (Wildman–Crippen MR) is 67.2 cm³/mol. The summed E-state index contributed by atoms with van der Waals surface area (Å²) in [6.45, 7) is 5.51. The van der Waals surface area contributed by atoms with Gasteiger partial charge in [-0.3, -0.25) is 0 Å². The molecule has 0 saturated heterocycles. The van der Waals surface area contributed by atoms with Crippen molar-refractivity contribution < 1.29 is 5.11 Å². The molecule has 0 aromatic heterocycles. The lowest BCUT2D eigenvalue weighted by Crippen LogP contribution is -2.23. The Kier molecular flexibility index (Phi) is 4.92. The van der Waals surface area contributed by atoms with Crippen LogP contribution >= 0.6 is 11.8 Å². The number of rotatable bonds is 6. The summed E-state index contributed by atoms with van der Waals surface area (Å²) in [4.78, 5) is 1.26. The Hall–Kier alpha value is -0.730. The fourth-order valence-electron chi connectivity index (χ4n) is 1.32. The summed E-state index contributed by atoms with van der Waals surface area (Å²) < 4.78 is 0. The number of hydrogen-bond donors (Lipinski definition) is 1. The molecule has 0 aliphatic carbocycles. The van der Waals surface area contributed by atoms with Gasteiger partial charge in [-0.2, -0.15) is 0 Å². The molecule has 0 aliphatic rings. The van der Waals surface area contributed by atoms with Crippen LogP contribution in [0.5, 0.6) is 0 Å². The van der Waals surface area contributed by atoms with Crippen molar-refractivity contribution in [1.29, 1.82) is 0 Å². The van der Waals surface area contributed by atoms with Crippen molar-refractivity contribution in [3.05, 3.63) is 43.0 Å². The van der Waals surface area contributed by atoms with E-state index < -0.39 is 5.60 Å². The van der Waals surface area contributed by atoms with Crippen molar-refractivity contribution in [2.45, 2.75) is 30.3 Å². The summed E-state index contributed by atoms with van der Waals surface area (Å²) in [6, 6.07) is 10.3. The first-order chi connectivity index (χ1) is 7.14. The molecular formula is C13H18OS. The van der Waals surface area contributed by atoms with Crippen molar-refractivity contribution in [3.63, 3.8) is 0 Å². The largest absolute Gasteiger partial charge is 0.390 e. The molecular weight excluding hydrogens is 204 g/mol. The number of aliphatic hydroxyl groups is 1. The van der Waals surface area contributed by atoms with Crippen LogP contribution in [0.2, 0.25) is 0 Å². The minimum Gasteiger partial charge on any atom is -0.390 e. The third-order valence-electron chi connectivity index (χ3n) is 2.24. The van der Waals surface area contributed by atoms with Gasteiger partial charge in [0.25, 0.3) is 0 Å². The monoisotopic (exact) mass is 222 g/mol. The Morgan fingerprint density at radius 1 is 1.40 bits per heavy atom. The lowest BCUT2D eigenvalue weighted by Gasteiger charge is -2.20. The Morgan fingerprint density at radius 3 is 2.67 bits per heavy atom. The number of benzene rings is 1. The van der Waals surface area contributed by atoms with E-state index in [9.17, 15) is 5.11 Å². The van der Waals surface area contributed by atoms with Gasteiger partial charge in [-0.05, 0) is 31.9 Å². The normalized spacial score (nSPS) is 14.5. The maximum atomic E-state index is 9.91. The van der Waals surface area contributed by atoms with Crippen molar-refractivity contribution in [1.82, 2.24) is 0 Å². The first-order valence-electron chi connectivity index (χ1n) is 5.15. The lowest BCUT2D eigenvalue weighted by atomic mass is 10.00. The van der Waals surface area contributed by atoms with E-state index in [2.05, 4.69) is 18.7 Å². The van der Waals surface area contributed by atoms with Crippen LogP contribution in [0.25, 0.3) is 0 Å². The van der Waals surface area contributed by atoms with E-state index in [4.69, 9.17) is 0 Å². The molecule has 0 saturated carbocycles. The summed E-state index contributed by atoms with van der Waals surface area (Å²) >= 11 is 1.78. The molecule has 0 aliphatic heterocycles. The Labute approximate surface area is 96.2 Å².